The number of rotatable bonds is 2. The van der Waals surface area contributed by atoms with Crippen LogP contribution in [0, 0.1) is 5.82 Å². The summed E-state index contributed by atoms with van der Waals surface area (Å²) in [4.78, 5) is 0. The maximum absolute atomic E-state index is 12.6. The van der Waals surface area contributed by atoms with Gasteiger partial charge in [0.1, 0.15) is 5.82 Å². The number of nitrogens with two attached hydrogens (primary N) is 2. The van der Waals surface area contributed by atoms with Crippen molar-refractivity contribution >= 4 is 11.7 Å². The van der Waals surface area contributed by atoms with Crippen molar-refractivity contribution in [2.24, 2.45) is 21.7 Å². The van der Waals surface area contributed by atoms with Gasteiger partial charge in [-0.05, 0) is 24.6 Å². The van der Waals surface area contributed by atoms with Gasteiger partial charge in [-0.15, -0.1) is 5.10 Å². The van der Waals surface area contributed by atoms with E-state index in [9.17, 15) is 4.39 Å². The quantitative estimate of drug-likeness (QED) is 0.415. The van der Waals surface area contributed by atoms with E-state index in [4.69, 9.17) is 11.5 Å². The second-order valence-electron chi connectivity index (χ2n) is 2.72. The van der Waals surface area contributed by atoms with Crippen molar-refractivity contribution in [2.75, 3.05) is 0 Å². The Hall–Kier alpha value is -1.91. The molecular weight excluding hydrogens is 183 g/mol. The van der Waals surface area contributed by atoms with Gasteiger partial charge in [0, 0.05) is 0 Å². The fourth-order valence-electron chi connectivity index (χ4n) is 0.882. The van der Waals surface area contributed by atoms with Crippen LogP contribution in [0.1, 0.15) is 12.5 Å². The molecule has 0 saturated heterocycles. The first-order chi connectivity index (χ1) is 6.59. The Morgan fingerprint density at radius 1 is 1.14 bits per heavy atom. The highest BCUT2D eigenvalue weighted by atomic mass is 19.1. The van der Waals surface area contributed by atoms with Crippen LogP contribution in [-0.4, -0.2) is 11.7 Å². The molecule has 74 valence electrons. The summed E-state index contributed by atoms with van der Waals surface area (Å²) in [7, 11) is 0. The van der Waals surface area contributed by atoms with Gasteiger partial charge in [-0.1, -0.05) is 12.1 Å². The SMILES string of the molecule is CC(=NN=C(N)N)c1ccc(F)cc1. The molecule has 0 aliphatic heterocycles. The van der Waals surface area contributed by atoms with Gasteiger partial charge in [0.05, 0.1) is 5.71 Å². The van der Waals surface area contributed by atoms with E-state index in [0.717, 1.165) is 5.56 Å². The standard InChI is InChI=1S/C9H11FN4/c1-6(13-14-9(11)12)7-2-4-8(10)5-3-7/h2-5H,1H3,(H4,11,12,14). The number of guanidine groups is 1. The molecule has 0 amide bonds. The molecule has 0 spiro atoms. The number of halogens is 1. The maximum atomic E-state index is 12.6. The van der Waals surface area contributed by atoms with E-state index in [1.807, 2.05) is 0 Å². The van der Waals surface area contributed by atoms with Crippen molar-refractivity contribution in [3.8, 4) is 0 Å². The third kappa shape index (κ3) is 2.85. The summed E-state index contributed by atoms with van der Waals surface area (Å²) < 4.78 is 12.6. The van der Waals surface area contributed by atoms with E-state index in [2.05, 4.69) is 10.2 Å². The minimum atomic E-state index is -0.289. The number of hydrogen-bond donors (Lipinski definition) is 2. The zero-order valence-corrected chi connectivity index (χ0v) is 7.74. The number of nitrogens with zero attached hydrogens (tertiary/aromatic N) is 2. The van der Waals surface area contributed by atoms with Crippen molar-refractivity contribution < 1.29 is 4.39 Å². The first-order valence-corrected chi connectivity index (χ1v) is 3.98. The van der Waals surface area contributed by atoms with Gasteiger partial charge in [0.15, 0.2) is 0 Å². The predicted molar refractivity (Wildman–Crippen MR) is 54.4 cm³/mol. The van der Waals surface area contributed by atoms with Crippen molar-refractivity contribution in [2.45, 2.75) is 6.92 Å². The molecule has 0 atom stereocenters. The van der Waals surface area contributed by atoms with Gasteiger partial charge in [0.25, 0.3) is 0 Å². The van der Waals surface area contributed by atoms with E-state index in [-0.39, 0.29) is 11.8 Å². The van der Waals surface area contributed by atoms with Crippen LogP contribution < -0.4 is 11.5 Å². The second-order valence-corrected chi connectivity index (χ2v) is 2.72. The molecule has 0 bridgehead atoms. The summed E-state index contributed by atoms with van der Waals surface area (Å²) in [6, 6.07) is 5.92. The van der Waals surface area contributed by atoms with Gasteiger partial charge in [-0.3, -0.25) is 0 Å². The third-order valence-corrected chi connectivity index (χ3v) is 1.58. The molecule has 4 N–H and O–H groups in total. The van der Waals surface area contributed by atoms with Crippen LogP contribution >= 0.6 is 0 Å². The van der Waals surface area contributed by atoms with Crippen LogP contribution in [-0.2, 0) is 0 Å². The molecule has 0 aliphatic rings. The van der Waals surface area contributed by atoms with Gasteiger partial charge in [-0.2, -0.15) is 5.10 Å². The van der Waals surface area contributed by atoms with Crippen molar-refractivity contribution in [1.82, 2.24) is 0 Å². The highest BCUT2D eigenvalue weighted by Gasteiger charge is 1.96. The van der Waals surface area contributed by atoms with Crippen molar-refractivity contribution in [1.29, 1.82) is 0 Å². The Kier molecular flexibility index (Phi) is 3.17. The monoisotopic (exact) mass is 194 g/mol. The van der Waals surface area contributed by atoms with Gasteiger partial charge < -0.3 is 11.5 Å². The lowest BCUT2D eigenvalue weighted by Crippen LogP contribution is -2.22. The Morgan fingerprint density at radius 2 is 1.71 bits per heavy atom. The minimum absolute atomic E-state index is 0.105. The average Bonchev–Trinajstić information content (AvgIpc) is 2.15. The molecule has 0 unspecified atom stereocenters. The van der Waals surface area contributed by atoms with Crippen LogP contribution in [0.25, 0.3) is 0 Å². The van der Waals surface area contributed by atoms with Crippen LogP contribution in [0.3, 0.4) is 0 Å². The molecule has 0 aromatic heterocycles. The van der Waals surface area contributed by atoms with E-state index >= 15 is 0 Å². The Balaban J connectivity index is 2.89. The van der Waals surface area contributed by atoms with Crippen LogP contribution in [0.15, 0.2) is 34.5 Å². The summed E-state index contributed by atoms with van der Waals surface area (Å²) in [5, 5.41) is 7.25. The van der Waals surface area contributed by atoms with Gasteiger partial charge >= 0.3 is 0 Å². The zero-order valence-electron chi connectivity index (χ0n) is 7.74. The smallest absolute Gasteiger partial charge is 0.211 e. The molecule has 5 heteroatoms. The minimum Gasteiger partial charge on any atom is -0.369 e. The van der Waals surface area contributed by atoms with Crippen LogP contribution in [0.5, 0.6) is 0 Å². The molecular formula is C9H11FN4. The lowest BCUT2D eigenvalue weighted by Gasteiger charge is -1.97. The number of benzene rings is 1. The summed E-state index contributed by atoms with van der Waals surface area (Å²) in [6.07, 6.45) is 0. The Labute approximate surface area is 81.1 Å². The van der Waals surface area contributed by atoms with Crippen LogP contribution in [0.4, 0.5) is 4.39 Å². The summed E-state index contributed by atoms with van der Waals surface area (Å²) >= 11 is 0. The summed E-state index contributed by atoms with van der Waals surface area (Å²) in [5.74, 6) is -0.394. The molecule has 1 aromatic carbocycles. The average molecular weight is 194 g/mol. The Bertz CT molecular complexity index is 363. The van der Waals surface area contributed by atoms with Gasteiger partial charge in [-0.25, -0.2) is 4.39 Å². The fourth-order valence-corrected chi connectivity index (χ4v) is 0.882. The summed E-state index contributed by atoms with van der Waals surface area (Å²) in [5.41, 5.74) is 11.6. The lowest BCUT2D eigenvalue weighted by atomic mass is 10.1. The fraction of sp³-hybridized carbons (Fsp3) is 0.111. The molecule has 0 radical (unpaired) electrons. The van der Waals surface area contributed by atoms with E-state index in [1.54, 1.807) is 19.1 Å². The lowest BCUT2D eigenvalue weighted by molar-refractivity contribution is 0.628. The van der Waals surface area contributed by atoms with E-state index < -0.39 is 0 Å². The first-order valence-electron chi connectivity index (χ1n) is 3.98. The molecule has 14 heavy (non-hydrogen) atoms. The molecule has 0 saturated carbocycles. The normalized spacial score (nSPS) is 11.1. The maximum Gasteiger partial charge on any atom is 0.211 e. The van der Waals surface area contributed by atoms with Crippen LogP contribution in [0.2, 0.25) is 0 Å². The first kappa shape index (κ1) is 10.2. The number of hydrogen-bond acceptors (Lipinski definition) is 2. The Morgan fingerprint density at radius 3 is 2.21 bits per heavy atom. The third-order valence-electron chi connectivity index (χ3n) is 1.58. The molecule has 0 aliphatic carbocycles. The van der Waals surface area contributed by atoms with E-state index in [0.29, 0.717) is 5.71 Å². The topological polar surface area (TPSA) is 76.8 Å². The molecule has 0 fully saturated rings. The molecule has 4 nitrogen and oxygen atoms in total. The molecule has 1 aromatic rings. The zero-order chi connectivity index (χ0) is 10.6. The van der Waals surface area contributed by atoms with E-state index in [1.165, 1.54) is 12.1 Å². The van der Waals surface area contributed by atoms with Crippen molar-refractivity contribution in [3.63, 3.8) is 0 Å². The highest BCUT2D eigenvalue weighted by molar-refractivity contribution is 5.98. The van der Waals surface area contributed by atoms with Crippen molar-refractivity contribution in [3.05, 3.63) is 35.6 Å². The largest absolute Gasteiger partial charge is 0.369 e. The second kappa shape index (κ2) is 4.36. The highest BCUT2D eigenvalue weighted by Crippen LogP contribution is 2.04. The predicted octanol–water partition coefficient (Wildman–Crippen LogP) is 0.823. The molecule has 0 heterocycles. The summed E-state index contributed by atoms with van der Waals surface area (Å²) in [6.45, 7) is 1.74. The van der Waals surface area contributed by atoms with Gasteiger partial charge in [0.2, 0.25) is 5.96 Å². The molecule has 1 rings (SSSR count).